The molecule has 0 saturated carbocycles. The van der Waals surface area contributed by atoms with Crippen LogP contribution in [0.1, 0.15) is 50.5 Å². The van der Waals surface area contributed by atoms with E-state index in [1.54, 1.807) is 0 Å². The minimum atomic E-state index is -0.200. The number of hydrogen-bond donors (Lipinski definition) is 1. The SMILES string of the molecule is CCN1C(=O)c2ccccc2C1Nc1ccc(C(=O)N2CCc3ccccc3C2)cc1. The van der Waals surface area contributed by atoms with Crippen molar-refractivity contribution in [2.75, 3.05) is 18.4 Å². The number of carbonyl (C=O) groups excluding carboxylic acids is 2. The first kappa shape index (κ1) is 19.4. The Balaban J connectivity index is 1.32. The number of nitrogens with one attached hydrogen (secondary N) is 1. The van der Waals surface area contributed by atoms with Gasteiger partial charge in [0, 0.05) is 42.0 Å². The molecule has 5 rings (SSSR count). The molecule has 1 unspecified atom stereocenters. The Morgan fingerprint density at radius 2 is 1.68 bits per heavy atom. The van der Waals surface area contributed by atoms with Crippen molar-refractivity contribution >= 4 is 17.5 Å². The molecule has 0 spiro atoms. The Hall–Kier alpha value is -3.60. The van der Waals surface area contributed by atoms with Crippen molar-refractivity contribution in [2.24, 2.45) is 0 Å². The number of fused-ring (bicyclic) bond motifs is 2. The van der Waals surface area contributed by atoms with Crippen molar-refractivity contribution < 1.29 is 9.59 Å². The van der Waals surface area contributed by atoms with Crippen LogP contribution in [0.15, 0.2) is 72.8 Å². The van der Waals surface area contributed by atoms with E-state index in [-0.39, 0.29) is 18.0 Å². The van der Waals surface area contributed by atoms with E-state index < -0.39 is 0 Å². The number of amides is 2. The molecule has 2 heterocycles. The molecule has 0 fully saturated rings. The predicted octanol–water partition coefficient (Wildman–Crippen LogP) is 4.47. The van der Waals surface area contributed by atoms with Gasteiger partial charge in [0.2, 0.25) is 0 Å². The molecule has 5 nitrogen and oxygen atoms in total. The molecule has 0 saturated heterocycles. The van der Waals surface area contributed by atoms with E-state index in [4.69, 9.17) is 0 Å². The van der Waals surface area contributed by atoms with Gasteiger partial charge >= 0.3 is 0 Å². The molecular formula is C26H25N3O2. The van der Waals surface area contributed by atoms with Crippen molar-refractivity contribution in [1.82, 2.24) is 9.80 Å². The van der Waals surface area contributed by atoms with E-state index in [1.807, 2.05) is 71.3 Å². The molecule has 31 heavy (non-hydrogen) atoms. The molecule has 2 aliphatic rings. The highest BCUT2D eigenvalue weighted by Crippen LogP contribution is 2.34. The van der Waals surface area contributed by atoms with Crippen LogP contribution in [0, 0.1) is 0 Å². The van der Waals surface area contributed by atoms with Gasteiger partial charge in [-0.2, -0.15) is 0 Å². The molecule has 0 bridgehead atoms. The van der Waals surface area contributed by atoms with Gasteiger partial charge in [-0.05, 0) is 54.8 Å². The molecule has 3 aromatic carbocycles. The van der Waals surface area contributed by atoms with Gasteiger partial charge in [-0.25, -0.2) is 0 Å². The summed E-state index contributed by atoms with van der Waals surface area (Å²) in [7, 11) is 0. The molecule has 2 aliphatic heterocycles. The van der Waals surface area contributed by atoms with E-state index in [0.717, 1.165) is 29.8 Å². The molecule has 0 radical (unpaired) electrons. The van der Waals surface area contributed by atoms with Crippen LogP contribution in [0.4, 0.5) is 5.69 Å². The van der Waals surface area contributed by atoms with Gasteiger partial charge in [-0.3, -0.25) is 9.59 Å². The molecular weight excluding hydrogens is 386 g/mol. The van der Waals surface area contributed by atoms with Crippen molar-refractivity contribution in [3.63, 3.8) is 0 Å². The topological polar surface area (TPSA) is 52.7 Å². The van der Waals surface area contributed by atoms with Crippen LogP contribution in [0.3, 0.4) is 0 Å². The summed E-state index contributed by atoms with van der Waals surface area (Å²) in [6.07, 6.45) is 0.692. The van der Waals surface area contributed by atoms with Crippen LogP contribution in [-0.4, -0.2) is 34.7 Å². The number of benzene rings is 3. The maximum Gasteiger partial charge on any atom is 0.256 e. The number of rotatable bonds is 4. The summed E-state index contributed by atoms with van der Waals surface area (Å²) in [5.41, 5.74) is 5.86. The highest BCUT2D eigenvalue weighted by molar-refractivity contribution is 5.99. The lowest BCUT2D eigenvalue weighted by molar-refractivity contribution is 0.0732. The minimum absolute atomic E-state index is 0.0489. The largest absolute Gasteiger partial charge is 0.361 e. The summed E-state index contributed by atoms with van der Waals surface area (Å²) in [6.45, 7) is 4.00. The molecule has 3 aromatic rings. The van der Waals surface area contributed by atoms with Crippen molar-refractivity contribution in [2.45, 2.75) is 26.1 Å². The van der Waals surface area contributed by atoms with E-state index in [0.29, 0.717) is 18.7 Å². The molecule has 2 amide bonds. The second-order valence-electron chi connectivity index (χ2n) is 8.05. The fourth-order valence-electron chi connectivity index (χ4n) is 4.57. The van der Waals surface area contributed by atoms with Crippen molar-refractivity contribution in [3.05, 3.63) is 101 Å². The zero-order chi connectivity index (χ0) is 21.4. The predicted molar refractivity (Wildman–Crippen MR) is 121 cm³/mol. The summed E-state index contributed by atoms with van der Waals surface area (Å²) in [5, 5.41) is 3.47. The maximum atomic E-state index is 13.0. The third-order valence-corrected chi connectivity index (χ3v) is 6.25. The quantitative estimate of drug-likeness (QED) is 0.689. The Labute approximate surface area is 182 Å². The third-order valence-electron chi connectivity index (χ3n) is 6.25. The fourth-order valence-corrected chi connectivity index (χ4v) is 4.57. The Morgan fingerprint density at radius 1 is 0.968 bits per heavy atom. The van der Waals surface area contributed by atoms with Gasteiger partial charge in [0.15, 0.2) is 0 Å². The standard InChI is InChI=1S/C26H25N3O2/c1-2-29-24(22-9-5-6-10-23(22)26(29)31)27-21-13-11-19(12-14-21)25(30)28-16-15-18-7-3-4-8-20(18)17-28/h3-14,24,27H,2,15-17H2,1H3. The Kier molecular flexibility index (Phi) is 4.94. The first-order valence-electron chi connectivity index (χ1n) is 10.8. The number of nitrogens with zero attached hydrogens (tertiary/aromatic N) is 2. The molecule has 1 atom stereocenters. The van der Waals surface area contributed by atoms with Gasteiger partial charge in [-0.1, -0.05) is 42.5 Å². The van der Waals surface area contributed by atoms with Gasteiger partial charge in [0.25, 0.3) is 11.8 Å². The number of carbonyl (C=O) groups is 2. The number of hydrogen-bond acceptors (Lipinski definition) is 3. The lowest BCUT2D eigenvalue weighted by Gasteiger charge is -2.29. The smallest absolute Gasteiger partial charge is 0.256 e. The summed E-state index contributed by atoms with van der Waals surface area (Å²) >= 11 is 0. The molecule has 0 aromatic heterocycles. The van der Waals surface area contributed by atoms with Gasteiger partial charge < -0.3 is 15.1 Å². The van der Waals surface area contributed by atoms with Crippen LogP contribution in [0.2, 0.25) is 0 Å². The van der Waals surface area contributed by atoms with E-state index in [1.165, 1.54) is 11.1 Å². The normalized spacial score (nSPS) is 17.3. The van der Waals surface area contributed by atoms with Crippen LogP contribution < -0.4 is 5.32 Å². The van der Waals surface area contributed by atoms with Crippen molar-refractivity contribution in [1.29, 1.82) is 0 Å². The van der Waals surface area contributed by atoms with Crippen LogP contribution in [0.5, 0.6) is 0 Å². The van der Waals surface area contributed by atoms with E-state index in [9.17, 15) is 9.59 Å². The van der Waals surface area contributed by atoms with E-state index >= 15 is 0 Å². The van der Waals surface area contributed by atoms with E-state index in [2.05, 4.69) is 23.5 Å². The van der Waals surface area contributed by atoms with Gasteiger partial charge in [0.05, 0.1) is 0 Å². The van der Waals surface area contributed by atoms with Crippen LogP contribution >= 0.6 is 0 Å². The first-order chi connectivity index (χ1) is 15.2. The fraction of sp³-hybridized carbons (Fsp3) is 0.231. The second-order valence-corrected chi connectivity index (χ2v) is 8.05. The Morgan fingerprint density at radius 3 is 2.45 bits per heavy atom. The lowest BCUT2D eigenvalue weighted by atomic mass is 9.99. The highest BCUT2D eigenvalue weighted by atomic mass is 16.2. The van der Waals surface area contributed by atoms with Crippen LogP contribution in [0.25, 0.3) is 0 Å². The van der Waals surface area contributed by atoms with Gasteiger partial charge in [-0.15, -0.1) is 0 Å². The Bertz CT molecular complexity index is 1140. The number of anilines is 1. The molecule has 0 aliphatic carbocycles. The van der Waals surface area contributed by atoms with Crippen LogP contribution in [-0.2, 0) is 13.0 Å². The van der Waals surface area contributed by atoms with Crippen molar-refractivity contribution in [3.8, 4) is 0 Å². The average molecular weight is 412 g/mol. The third kappa shape index (κ3) is 3.46. The summed E-state index contributed by atoms with van der Waals surface area (Å²) in [5.74, 6) is 0.102. The minimum Gasteiger partial charge on any atom is -0.361 e. The highest BCUT2D eigenvalue weighted by Gasteiger charge is 2.35. The summed E-state index contributed by atoms with van der Waals surface area (Å²) < 4.78 is 0. The maximum absolute atomic E-state index is 13.0. The first-order valence-corrected chi connectivity index (χ1v) is 10.8. The zero-order valence-electron chi connectivity index (χ0n) is 17.5. The monoisotopic (exact) mass is 411 g/mol. The molecule has 156 valence electrons. The lowest BCUT2D eigenvalue weighted by Crippen LogP contribution is -2.35. The van der Waals surface area contributed by atoms with Gasteiger partial charge in [0.1, 0.15) is 6.17 Å². The zero-order valence-corrected chi connectivity index (χ0v) is 17.5. The second kappa shape index (κ2) is 7.91. The molecule has 1 N–H and O–H groups in total. The summed E-state index contributed by atoms with van der Waals surface area (Å²) in [6, 6.07) is 23.6. The molecule has 5 heteroatoms. The average Bonchev–Trinajstić information content (AvgIpc) is 3.09. The summed E-state index contributed by atoms with van der Waals surface area (Å²) in [4.78, 5) is 29.4.